The molecule has 0 N–H and O–H groups in total. The lowest BCUT2D eigenvalue weighted by molar-refractivity contribution is -0.120. The van der Waals surface area contributed by atoms with E-state index in [9.17, 15) is 4.79 Å². The highest BCUT2D eigenvalue weighted by Gasteiger charge is 2.12. The van der Waals surface area contributed by atoms with E-state index in [1.807, 2.05) is 0 Å². The van der Waals surface area contributed by atoms with Crippen molar-refractivity contribution in [2.24, 2.45) is 0 Å². The molecule has 0 fully saturated rings. The van der Waals surface area contributed by atoms with Crippen LogP contribution in [0, 0.1) is 0 Å². The maximum Gasteiger partial charge on any atom is 0.187 e. The fraction of sp³-hybridized carbons (Fsp3) is 0.700. The average molecular weight is 200 g/mol. The number of carbonyl (C=O) groups excluding carboxylic acids is 1. The fourth-order valence-electron chi connectivity index (χ4n) is 1.17. The molecule has 1 heterocycles. The lowest BCUT2D eigenvalue weighted by atomic mass is 10.1. The lowest BCUT2D eigenvalue weighted by Gasteiger charge is -2.12. The van der Waals surface area contributed by atoms with Crippen LogP contribution in [0.1, 0.15) is 12.8 Å². The quantitative estimate of drug-likeness (QED) is 0.598. The van der Waals surface area contributed by atoms with Gasteiger partial charge in [0.15, 0.2) is 5.78 Å². The van der Waals surface area contributed by atoms with Crippen LogP contribution in [0.5, 0.6) is 0 Å². The maximum absolute atomic E-state index is 11.4. The topological polar surface area (TPSA) is 44.8 Å². The average Bonchev–Trinajstić information content (AvgIpc) is 2.25. The van der Waals surface area contributed by atoms with Gasteiger partial charge in [-0.2, -0.15) is 0 Å². The van der Waals surface area contributed by atoms with Gasteiger partial charge in [0.05, 0.1) is 26.1 Å². The summed E-state index contributed by atoms with van der Waals surface area (Å²) in [4.78, 5) is 11.4. The lowest BCUT2D eigenvalue weighted by Crippen LogP contribution is -2.16. The van der Waals surface area contributed by atoms with E-state index >= 15 is 0 Å². The van der Waals surface area contributed by atoms with Gasteiger partial charge >= 0.3 is 0 Å². The minimum Gasteiger partial charge on any atom is -0.501 e. The summed E-state index contributed by atoms with van der Waals surface area (Å²) in [6.45, 7) is 1.80. The molecule has 1 rings (SSSR count). The number of carbonyl (C=O) groups is 1. The number of hydrogen-bond acceptors (Lipinski definition) is 4. The molecule has 1 aliphatic rings. The van der Waals surface area contributed by atoms with Crippen LogP contribution in [0.25, 0.3) is 0 Å². The predicted molar refractivity (Wildman–Crippen MR) is 51.0 cm³/mol. The van der Waals surface area contributed by atoms with E-state index in [2.05, 4.69) is 0 Å². The Hall–Kier alpha value is -0.870. The molecule has 4 nitrogen and oxygen atoms in total. The van der Waals surface area contributed by atoms with Crippen LogP contribution < -0.4 is 0 Å². The Morgan fingerprint density at radius 1 is 1.57 bits per heavy atom. The van der Waals surface area contributed by atoms with Gasteiger partial charge in [-0.25, -0.2) is 0 Å². The molecule has 0 aromatic rings. The summed E-state index contributed by atoms with van der Waals surface area (Å²) < 4.78 is 15.0. The van der Waals surface area contributed by atoms with Crippen LogP contribution in [0.4, 0.5) is 0 Å². The van der Waals surface area contributed by atoms with E-state index in [0.717, 1.165) is 18.4 Å². The molecule has 14 heavy (non-hydrogen) atoms. The van der Waals surface area contributed by atoms with Crippen molar-refractivity contribution in [3.8, 4) is 0 Å². The predicted octanol–water partition coefficient (Wildman–Crippen LogP) is 0.913. The zero-order valence-corrected chi connectivity index (χ0v) is 8.45. The maximum atomic E-state index is 11.4. The Balaban J connectivity index is 2.17. The Labute approximate surface area is 83.8 Å². The van der Waals surface area contributed by atoms with Crippen LogP contribution >= 0.6 is 0 Å². The molecule has 0 unspecified atom stereocenters. The highest BCUT2D eigenvalue weighted by Crippen LogP contribution is 2.12. The first kappa shape index (κ1) is 11.2. The van der Waals surface area contributed by atoms with E-state index in [0.29, 0.717) is 19.8 Å². The van der Waals surface area contributed by atoms with Crippen LogP contribution in [0.15, 0.2) is 11.8 Å². The van der Waals surface area contributed by atoms with Crippen LogP contribution in [-0.4, -0.2) is 39.3 Å². The monoisotopic (exact) mass is 200 g/mol. The van der Waals surface area contributed by atoms with E-state index in [-0.39, 0.29) is 12.4 Å². The SMILES string of the molecule is COCCOCC(=O)C1=COCCC1. The van der Waals surface area contributed by atoms with Crippen LogP contribution in [0.2, 0.25) is 0 Å². The van der Waals surface area contributed by atoms with Gasteiger partial charge in [0.1, 0.15) is 6.61 Å². The number of rotatable bonds is 6. The number of hydrogen-bond donors (Lipinski definition) is 0. The van der Waals surface area contributed by atoms with Crippen molar-refractivity contribution in [2.75, 3.05) is 33.5 Å². The molecule has 0 amide bonds. The normalized spacial score (nSPS) is 15.9. The zero-order chi connectivity index (χ0) is 10.2. The summed E-state index contributed by atoms with van der Waals surface area (Å²) in [7, 11) is 1.60. The van der Waals surface area contributed by atoms with E-state index in [1.54, 1.807) is 13.4 Å². The molecule has 0 aromatic heterocycles. The van der Waals surface area contributed by atoms with E-state index in [4.69, 9.17) is 14.2 Å². The first-order valence-electron chi connectivity index (χ1n) is 4.75. The minimum atomic E-state index is 0.0146. The van der Waals surface area contributed by atoms with Gasteiger partial charge in [0, 0.05) is 12.7 Å². The number of methoxy groups -OCH3 is 1. The Morgan fingerprint density at radius 3 is 3.07 bits per heavy atom. The van der Waals surface area contributed by atoms with Gasteiger partial charge in [0.2, 0.25) is 0 Å². The van der Waals surface area contributed by atoms with Gasteiger partial charge in [-0.15, -0.1) is 0 Å². The second-order valence-corrected chi connectivity index (χ2v) is 3.09. The molecule has 0 radical (unpaired) electrons. The molecule has 4 heteroatoms. The molecule has 1 aliphatic heterocycles. The number of ketones is 1. The van der Waals surface area contributed by atoms with Gasteiger partial charge in [0.25, 0.3) is 0 Å². The molecule has 0 atom stereocenters. The first-order valence-corrected chi connectivity index (χ1v) is 4.75. The summed E-state index contributed by atoms with van der Waals surface area (Å²) >= 11 is 0. The van der Waals surface area contributed by atoms with Crippen molar-refractivity contribution in [1.82, 2.24) is 0 Å². The summed E-state index contributed by atoms with van der Waals surface area (Å²) in [5.74, 6) is 0.0146. The van der Waals surface area contributed by atoms with Crippen molar-refractivity contribution in [1.29, 1.82) is 0 Å². The third-order valence-corrected chi connectivity index (χ3v) is 1.96. The van der Waals surface area contributed by atoms with E-state index in [1.165, 1.54) is 0 Å². The van der Waals surface area contributed by atoms with E-state index < -0.39 is 0 Å². The highest BCUT2D eigenvalue weighted by atomic mass is 16.5. The van der Waals surface area contributed by atoms with Crippen LogP contribution in [0.3, 0.4) is 0 Å². The number of Topliss-reactive ketones (excluding diaryl/α,β-unsaturated/α-hetero) is 1. The van der Waals surface area contributed by atoms with Gasteiger partial charge in [-0.3, -0.25) is 4.79 Å². The van der Waals surface area contributed by atoms with Crippen molar-refractivity contribution in [3.63, 3.8) is 0 Å². The molecule has 0 spiro atoms. The van der Waals surface area contributed by atoms with Gasteiger partial charge in [-0.1, -0.05) is 0 Å². The molecular weight excluding hydrogens is 184 g/mol. The summed E-state index contributed by atoms with van der Waals surface area (Å²) in [5, 5.41) is 0. The minimum absolute atomic E-state index is 0.0146. The van der Waals surface area contributed by atoms with Crippen molar-refractivity contribution in [2.45, 2.75) is 12.8 Å². The molecule has 0 saturated heterocycles. The van der Waals surface area contributed by atoms with Crippen molar-refractivity contribution >= 4 is 5.78 Å². The molecule has 0 saturated carbocycles. The number of ether oxygens (including phenoxy) is 3. The fourth-order valence-corrected chi connectivity index (χ4v) is 1.17. The summed E-state index contributed by atoms with van der Waals surface area (Å²) in [6, 6.07) is 0. The van der Waals surface area contributed by atoms with Gasteiger partial charge in [-0.05, 0) is 12.8 Å². The first-order chi connectivity index (χ1) is 6.84. The third-order valence-electron chi connectivity index (χ3n) is 1.96. The van der Waals surface area contributed by atoms with Crippen LogP contribution in [-0.2, 0) is 19.0 Å². The van der Waals surface area contributed by atoms with Crippen molar-refractivity contribution in [3.05, 3.63) is 11.8 Å². The summed E-state index contributed by atoms with van der Waals surface area (Å²) in [5.41, 5.74) is 0.730. The highest BCUT2D eigenvalue weighted by molar-refractivity contribution is 5.96. The third kappa shape index (κ3) is 3.89. The second-order valence-electron chi connectivity index (χ2n) is 3.09. The Morgan fingerprint density at radius 2 is 2.43 bits per heavy atom. The standard InChI is InChI=1S/C10H16O4/c1-12-5-6-14-8-10(11)9-3-2-4-13-7-9/h7H,2-6,8H2,1H3. The molecule has 0 bridgehead atoms. The largest absolute Gasteiger partial charge is 0.501 e. The molecule has 0 aromatic carbocycles. The summed E-state index contributed by atoms with van der Waals surface area (Å²) in [6.07, 6.45) is 3.26. The van der Waals surface area contributed by atoms with Crippen molar-refractivity contribution < 1.29 is 19.0 Å². The Bertz CT molecular complexity index is 210. The zero-order valence-electron chi connectivity index (χ0n) is 8.45. The smallest absolute Gasteiger partial charge is 0.187 e. The molecule has 0 aliphatic carbocycles. The molecular formula is C10H16O4. The van der Waals surface area contributed by atoms with Gasteiger partial charge < -0.3 is 14.2 Å². The molecule has 80 valence electrons. The Kier molecular flexibility index (Phi) is 5.25. The second kappa shape index (κ2) is 6.56.